The van der Waals surface area contributed by atoms with E-state index in [4.69, 9.17) is 5.73 Å². The Balaban J connectivity index is 2.04. The fourth-order valence-corrected chi connectivity index (χ4v) is 2.78. The van der Waals surface area contributed by atoms with Crippen LogP contribution in [0.4, 0.5) is 8.78 Å². The van der Waals surface area contributed by atoms with Crippen LogP contribution in [0, 0.1) is 5.92 Å². The summed E-state index contributed by atoms with van der Waals surface area (Å²) in [6.07, 6.45) is 3.04. The lowest BCUT2D eigenvalue weighted by Crippen LogP contribution is -2.52. The zero-order valence-corrected chi connectivity index (χ0v) is 10.9. The standard InChI is InChI=1S/C13H16F2N4/c1-12(16,8-5-13(14,15)6-8)11-9-3-4-17-7-10(9)19(2)18-11/h3-4,7-8H,5-6,16H2,1-2H3. The molecule has 1 atom stereocenters. The molecule has 3 rings (SSSR count). The average Bonchev–Trinajstić information content (AvgIpc) is 2.65. The number of aromatic nitrogens is 3. The first-order valence-corrected chi connectivity index (χ1v) is 6.25. The summed E-state index contributed by atoms with van der Waals surface area (Å²) >= 11 is 0. The number of nitrogens with zero attached hydrogens (tertiary/aromatic N) is 3. The quantitative estimate of drug-likeness (QED) is 0.906. The molecule has 1 fully saturated rings. The van der Waals surface area contributed by atoms with Crippen molar-refractivity contribution in [2.24, 2.45) is 18.7 Å². The van der Waals surface area contributed by atoms with Gasteiger partial charge in [0.15, 0.2) is 0 Å². The molecule has 0 amide bonds. The second-order valence-electron chi connectivity index (χ2n) is 5.61. The van der Waals surface area contributed by atoms with E-state index >= 15 is 0 Å². The van der Waals surface area contributed by atoms with Crippen LogP contribution in [-0.2, 0) is 12.6 Å². The second kappa shape index (κ2) is 3.72. The van der Waals surface area contributed by atoms with Gasteiger partial charge in [0.1, 0.15) is 0 Å². The van der Waals surface area contributed by atoms with Crippen LogP contribution in [0.25, 0.3) is 10.9 Å². The molecule has 2 N–H and O–H groups in total. The van der Waals surface area contributed by atoms with Gasteiger partial charge in [-0.1, -0.05) is 0 Å². The summed E-state index contributed by atoms with van der Waals surface area (Å²) < 4.78 is 27.8. The van der Waals surface area contributed by atoms with E-state index in [0.717, 1.165) is 10.9 Å². The molecule has 1 unspecified atom stereocenters. The number of alkyl halides is 2. The van der Waals surface area contributed by atoms with Crippen molar-refractivity contribution in [2.75, 3.05) is 0 Å². The van der Waals surface area contributed by atoms with Gasteiger partial charge >= 0.3 is 0 Å². The molecule has 6 heteroatoms. The average molecular weight is 266 g/mol. The fraction of sp³-hybridized carbons (Fsp3) is 0.538. The van der Waals surface area contributed by atoms with E-state index in [1.165, 1.54) is 0 Å². The third kappa shape index (κ3) is 1.82. The number of nitrogens with two attached hydrogens (primary N) is 1. The number of pyridine rings is 1. The lowest BCUT2D eigenvalue weighted by atomic mass is 9.68. The third-order valence-corrected chi connectivity index (χ3v) is 4.10. The van der Waals surface area contributed by atoms with Gasteiger partial charge in [-0.05, 0) is 18.9 Å². The van der Waals surface area contributed by atoms with Gasteiger partial charge in [0.05, 0.1) is 22.9 Å². The van der Waals surface area contributed by atoms with E-state index in [-0.39, 0.29) is 18.8 Å². The minimum absolute atomic E-state index is 0.164. The van der Waals surface area contributed by atoms with Crippen LogP contribution in [0.3, 0.4) is 0 Å². The highest BCUT2D eigenvalue weighted by molar-refractivity contribution is 5.81. The Labute approximate surface area is 109 Å². The molecule has 0 aliphatic heterocycles. The number of halogens is 2. The van der Waals surface area contributed by atoms with Crippen LogP contribution >= 0.6 is 0 Å². The summed E-state index contributed by atoms with van der Waals surface area (Å²) in [7, 11) is 1.80. The van der Waals surface area contributed by atoms with E-state index in [1.807, 2.05) is 6.07 Å². The van der Waals surface area contributed by atoms with Crippen molar-refractivity contribution in [3.05, 3.63) is 24.2 Å². The largest absolute Gasteiger partial charge is 0.320 e. The van der Waals surface area contributed by atoms with Gasteiger partial charge in [0, 0.05) is 31.5 Å². The number of aryl methyl sites for hydroxylation is 1. The van der Waals surface area contributed by atoms with E-state index in [1.54, 1.807) is 31.0 Å². The maximum absolute atomic E-state index is 13.1. The van der Waals surface area contributed by atoms with Gasteiger partial charge in [0.2, 0.25) is 5.92 Å². The Hall–Kier alpha value is -1.56. The molecule has 0 saturated heterocycles. The maximum Gasteiger partial charge on any atom is 0.248 e. The van der Waals surface area contributed by atoms with Crippen molar-refractivity contribution < 1.29 is 8.78 Å². The van der Waals surface area contributed by atoms with Crippen LogP contribution in [-0.4, -0.2) is 20.7 Å². The molecule has 0 radical (unpaired) electrons. The number of rotatable bonds is 2. The first-order valence-electron chi connectivity index (χ1n) is 6.25. The normalized spacial score (nSPS) is 22.2. The van der Waals surface area contributed by atoms with E-state index < -0.39 is 11.5 Å². The van der Waals surface area contributed by atoms with Crippen molar-refractivity contribution in [2.45, 2.75) is 31.2 Å². The highest BCUT2D eigenvalue weighted by Gasteiger charge is 2.53. The Kier molecular flexibility index (Phi) is 2.44. The maximum atomic E-state index is 13.1. The molecule has 1 aliphatic carbocycles. The lowest BCUT2D eigenvalue weighted by Gasteiger charge is -2.44. The van der Waals surface area contributed by atoms with Crippen molar-refractivity contribution in [1.82, 2.24) is 14.8 Å². The highest BCUT2D eigenvalue weighted by Crippen LogP contribution is 2.50. The summed E-state index contributed by atoms with van der Waals surface area (Å²) in [4.78, 5) is 4.05. The fourth-order valence-electron chi connectivity index (χ4n) is 2.78. The molecule has 19 heavy (non-hydrogen) atoms. The van der Waals surface area contributed by atoms with Crippen LogP contribution in [0.15, 0.2) is 18.5 Å². The van der Waals surface area contributed by atoms with Crippen LogP contribution < -0.4 is 5.73 Å². The molecule has 0 bridgehead atoms. The molecule has 2 aromatic heterocycles. The van der Waals surface area contributed by atoms with Gasteiger partial charge in [-0.2, -0.15) is 5.10 Å². The van der Waals surface area contributed by atoms with E-state index in [2.05, 4.69) is 10.1 Å². The van der Waals surface area contributed by atoms with Crippen LogP contribution in [0.1, 0.15) is 25.5 Å². The number of fused-ring (bicyclic) bond motifs is 1. The molecule has 1 saturated carbocycles. The SMILES string of the molecule is Cn1nc(C(C)(N)C2CC(F)(F)C2)c2ccncc21. The van der Waals surface area contributed by atoms with Gasteiger partial charge in [0.25, 0.3) is 0 Å². The van der Waals surface area contributed by atoms with Gasteiger partial charge in [-0.25, -0.2) is 8.78 Å². The van der Waals surface area contributed by atoms with Crippen molar-refractivity contribution in [3.8, 4) is 0 Å². The second-order valence-corrected chi connectivity index (χ2v) is 5.61. The first-order chi connectivity index (χ1) is 8.81. The molecule has 2 aromatic rings. The monoisotopic (exact) mass is 266 g/mol. The Bertz CT molecular complexity index is 625. The Morgan fingerprint density at radius 3 is 2.79 bits per heavy atom. The van der Waals surface area contributed by atoms with Crippen LogP contribution in [0.2, 0.25) is 0 Å². The smallest absolute Gasteiger partial charge is 0.248 e. The summed E-state index contributed by atoms with van der Waals surface area (Å²) in [5.74, 6) is -2.81. The summed E-state index contributed by atoms with van der Waals surface area (Å²) in [5, 5.41) is 5.31. The van der Waals surface area contributed by atoms with Crippen molar-refractivity contribution >= 4 is 10.9 Å². The predicted octanol–water partition coefficient (Wildman–Crippen LogP) is 2.19. The Morgan fingerprint density at radius 2 is 2.16 bits per heavy atom. The van der Waals surface area contributed by atoms with Gasteiger partial charge in [-0.3, -0.25) is 9.67 Å². The molecule has 4 nitrogen and oxygen atoms in total. The molecular formula is C13H16F2N4. The summed E-state index contributed by atoms with van der Waals surface area (Å²) in [6, 6.07) is 1.83. The van der Waals surface area contributed by atoms with Gasteiger partial charge < -0.3 is 5.73 Å². The summed E-state index contributed by atoms with van der Waals surface area (Å²) in [5.41, 5.74) is 7.00. The number of hydrogen-bond acceptors (Lipinski definition) is 3. The molecule has 0 aromatic carbocycles. The van der Waals surface area contributed by atoms with E-state index in [9.17, 15) is 8.78 Å². The lowest BCUT2D eigenvalue weighted by molar-refractivity contribution is -0.130. The minimum atomic E-state index is -2.57. The zero-order valence-electron chi connectivity index (χ0n) is 10.9. The third-order valence-electron chi connectivity index (χ3n) is 4.10. The Morgan fingerprint density at radius 1 is 1.47 bits per heavy atom. The molecule has 1 aliphatic rings. The minimum Gasteiger partial charge on any atom is -0.320 e. The van der Waals surface area contributed by atoms with Crippen molar-refractivity contribution in [3.63, 3.8) is 0 Å². The zero-order chi connectivity index (χ0) is 13.8. The molecule has 2 heterocycles. The van der Waals surface area contributed by atoms with Gasteiger partial charge in [-0.15, -0.1) is 0 Å². The first kappa shape index (κ1) is 12.5. The molecule has 102 valence electrons. The summed E-state index contributed by atoms with van der Waals surface area (Å²) in [6.45, 7) is 1.79. The van der Waals surface area contributed by atoms with Crippen molar-refractivity contribution in [1.29, 1.82) is 0 Å². The van der Waals surface area contributed by atoms with E-state index in [0.29, 0.717) is 5.69 Å². The molecular weight excluding hydrogens is 250 g/mol. The topological polar surface area (TPSA) is 56.7 Å². The number of hydrogen-bond donors (Lipinski definition) is 1. The molecule has 0 spiro atoms. The van der Waals surface area contributed by atoms with Crippen LogP contribution in [0.5, 0.6) is 0 Å². The predicted molar refractivity (Wildman–Crippen MR) is 67.7 cm³/mol. The highest BCUT2D eigenvalue weighted by atomic mass is 19.3.